The lowest BCUT2D eigenvalue weighted by molar-refractivity contribution is -0.147. The molecule has 1 heterocycles. The number of nitrogens with zero attached hydrogens (tertiary/aromatic N) is 3. The van der Waals surface area contributed by atoms with Crippen LogP contribution < -0.4 is 5.32 Å². The number of rotatable bonds is 13. The van der Waals surface area contributed by atoms with Crippen LogP contribution in [0.3, 0.4) is 0 Å². The van der Waals surface area contributed by atoms with Crippen LogP contribution in [0.2, 0.25) is 0 Å². The molecule has 0 bridgehead atoms. The van der Waals surface area contributed by atoms with Crippen molar-refractivity contribution < 1.29 is 33.8 Å². The highest BCUT2D eigenvalue weighted by Crippen LogP contribution is 2.44. The number of carboxylic acid groups (broad SMARTS) is 1. The van der Waals surface area contributed by atoms with Crippen LogP contribution >= 0.6 is 0 Å². The molecule has 0 spiro atoms. The average molecular weight is 697 g/mol. The zero-order chi connectivity index (χ0) is 36.7. The molecular formula is C40H48N4O7. The van der Waals surface area contributed by atoms with Crippen molar-refractivity contribution in [2.24, 2.45) is 5.92 Å². The van der Waals surface area contributed by atoms with Crippen LogP contribution in [0, 0.1) is 5.92 Å². The summed E-state index contributed by atoms with van der Waals surface area (Å²) in [4.78, 5) is 71.3. The van der Waals surface area contributed by atoms with E-state index in [9.17, 15) is 29.1 Å². The van der Waals surface area contributed by atoms with E-state index in [-0.39, 0.29) is 18.9 Å². The first-order valence-electron chi connectivity index (χ1n) is 17.7. The monoisotopic (exact) mass is 696 g/mol. The van der Waals surface area contributed by atoms with Crippen molar-refractivity contribution in [2.45, 2.75) is 70.0 Å². The predicted octanol–water partition coefficient (Wildman–Crippen LogP) is 4.93. The van der Waals surface area contributed by atoms with E-state index in [2.05, 4.69) is 17.4 Å². The predicted molar refractivity (Wildman–Crippen MR) is 193 cm³/mol. The number of fused-ring (bicyclic) bond motifs is 3. The zero-order valence-electron chi connectivity index (χ0n) is 29.8. The number of carboxylic acids is 1. The Labute approximate surface area is 299 Å². The van der Waals surface area contributed by atoms with Gasteiger partial charge in [-0.05, 0) is 53.0 Å². The summed E-state index contributed by atoms with van der Waals surface area (Å²) in [6, 6.07) is 22.0. The number of carbonyl (C=O) groups is 5. The Morgan fingerprint density at radius 2 is 1.39 bits per heavy atom. The van der Waals surface area contributed by atoms with Crippen molar-refractivity contribution >= 4 is 29.8 Å². The molecule has 1 saturated heterocycles. The van der Waals surface area contributed by atoms with Crippen LogP contribution in [0.15, 0.2) is 78.9 Å². The van der Waals surface area contributed by atoms with Gasteiger partial charge in [-0.3, -0.25) is 24.1 Å². The van der Waals surface area contributed by atoms with E-state index in [4.69, 9.17) is 4.74 Å². The van der Waals surface area contributed by atoms with E-state index in [1.54, 1.807) is 18.7 Å². The Bertz CT molecular complexity index is 1680. The Morgan fingerprint density at radius 1 is 0.824 bits per heavy atom. The molecule has 0 radical (unpaired) electrons. The van der Waals surface area contributed by atoms with Crippen LogP contribution in [0.25, 0.3) is 11.1 Å². The maximum absolute atomic E-state index is 14.4. The smallest absolute Gasteiger partial charge is 0.410 e. The third-order valence-electron chi connectivity index (χ3n) is 9.97. The van der Waals surface area contributed by atoms with Gasteiger partial charge < -0.3 is 25.0 Å². The van der Waals surface area contributed by atoms with Crippen molar-refractivity contribution in [3.63, 3.8) is 0 Å². The molecule has 51 heavy (non-hydrogen) atoms. The van der Waals surface area contributed by atoms with Crippen LogP contribution in [-0.4, -0.2) is 102 Å². The van der Waals surface area contributed by atoms with E-state index in [0.29, 0.717) is 13.1 Å². The van der Waals surface area contributed by atoms with Gasteiger partial charge in [0, 0.05) is 39.5 Å². The molecule has 0 saturated carbocycles. The molecule has 2 aliphatic rings. The first-order valence-corrected chi connectivity index (χ1v) is 17.7. The highest BCUT2D eigenvalue weighted by molar-refractivity contribution is 5.95. The molecule has 270 valence electrons. The number of carbonyl (C=O) groups excluding carboxylic acids is 4. The highest BCUT2D eigenvalue weighted by atomic mass is 16.6. The van der Waals surface area contributed by atoms with E-state index >= 15 is 0 Å². The number of likely N-dealkylation sites (tertiary alicyclic amines) is 1. The molecule has 2 N–H and O–H groups in total. The number of hydrogen-bond donors (Lipinski definition) is 2. The summed E-state index contributed by atoms with van der Waals surface area (Å²) in [5, 5.41) is 12.3. The van der Waals surface area contributed by atoms with Crippen molar-refractivity contribution in [1.29, 1.82) is 0 Å². The van der Waals surface area contributed by atoms with Gasteiger partial charge in [-0.2, -0.15) is 0 Å². The van der Waals surface area contributed by atoms with Crippen molar-refractivity contribution in [1.82, 2.24) is 20.0 Å². The van der Waals surface area contributed by atoms with Crippen molar-refractivity contribution in [3.8, 4) is 11.1 Å². The van der Waals surface area contributed by atoms with Gasteiger partial charge in [0.1, 0.15) is 24.7 Å². The molecular weight excluding hydrogens is 648 g/mol. The SMILES string of the molecule is CC(C)[C@@H](C(=O)N[C@@H](CC(=O)O)C(=O)N1CCCCC1)N(C)C(=O)[C@H](Cc1ccccc1)N(C)C(=O)OCC1c2ccccc2-c2ccccc21. The molecule has 1 aliphatic carbocycles. The van der Waals surface area contributed by atoms with E-state index < -0.39 is 60.2 Å². The summed E-state index contributed by atoms with van der Waals surface area (Å²) in [5.41, 5.74) is 5.14. The number of aliphatic carboxylic acids is 1. The van der Waals surface area contributed by atoms with Gasteiger partial charge in [-0.25, -0.2) is 4.79 Å². The van der Waals surface area contributed by atoms with Gasteiger partial charge in [0.05, 0.1) is 6.42 Å². The summed E-state index contributed by atoms with van der Waals surface area (Å²) >= 11 is 0. The molecule has 1 fully saturated rings. The quantitative estimate of drug-likeness (QED) is 0.259. The lowest BCUT2D eigenvalue weighted by atomic mass is 9.98. The maximum Gasteiger partial charge on any atom is 0.410 e. The lowest BCUT2D eigenvalue weighted by Gasteiger charge is -2.36. The number of hydrogen-bond acceptors (Lipinski definition) is 6. The lowest BCUT2D eigenvalue weighted by Crippen LogP contribution is -2.59. The largest absolute Gasteiger partial charge is 0.481 e. The fraction of sp³-hybridized carbons (Fsp3) is 0.425. The van der Waals surface area contributed by atoms with Gasteiger partial charge >= 0.3 is 12.1 Å². The second-order valence-electron chi connectivity index (χ2n) is 13.8. The summed E-state index contributed by atoms with van der Waals surface area (Å²) in [7, 11) is 3.01. The van der Waals surface area contributed by atoms with Crippen molar-refractivity contribution in [3.05, 3.63) is 95.6 Å². The molecule has 0 unspecified atom stereocenters. The van der Waals surface area contributed by atoms with E-state index in [1.165, 1.54) is 23.9 Å². The summed E-state index contributed by atoms with van der Waals surface area (Å²) in [6.45, 7) is 4.62. The topological polar surface area (TPSA) is 137 Å². The van der Waals surface area contributed by atoms with Crippen LogP contribution in [-0.2, 0) is 30.3 Å². The van der Waals surface area contributed by atoms with Gasteiger partial charge in [-0.15, -0.1) is 0 Å². The third kappa shape index (κ3) is 8.58. The first kappa shape index (κ1) is 37.1. The molecule has 4 amide bonds. The Hall–Kier alpha value is -5.19. The molecule has 0 aromatic heterocycles. The second kappa shape index (κ2) is 16.7. The molecule has 3 aromatic rings. The fourth-order valence-electron chi connectivity index (χ4n) is 7.31. The van der Waals surface area contributed by atoms with Gasteiger partial charge in [0.25, 0.3) is 0 Å². The zero-order valence-corrected chi connectivity index (χ0v) is 29.8. The Morgan fingerprint density at radius 3 is 1.96 bits per heavy atom. The molecule has 1 aliphatic heterocycles. The number of benzene rings is 3. The van der Waals surface area contributed by atoms with Crippen LogP contribution in [0.1, 0.15) is 62.1 Å². The fourth-order valence-corrected chi connectivity index (χ4v) is 7.31. The number of nitrogens with one attached hydrogen (secondary N) is 1. The maximum atomic E-state index is 14.4. The van der Waals surface area contributed by atoms with E-state index in [0.717, 1.165) is 47.1 Å². The van der Waals surface area contributed by atoms with Gasteiger partial charge in [0.15, 0.2) is 0 Å². The Balaban J connectivity index is 1.34. The average Bonchev–Trinajstić information content (AvgIpc) is 3.45. The number of amides is 4. The summed E-state index contributed by atoms with van der Waals surface area (Å²) in [5.74, 6) is -3.38. The van der Waals surface area contributed by atoms with E-state index in [1.807, 2.05) is 66.7 Å². The van der Waals surface area contributed by atoms with Crippen molar-refractivity contribution in [2.75, 3.05) is 33.8 Å². The Kier molecular flexibility index (Phi) is 12.1. The van der Waals surface area contributed by atoms with Gasteiger partial charge in [-0.1, -0.05) is 92.7 Å². The number of piperidine rings is 1. The standard InChI is InChI=1S/C40H48N4O7/c1-26(2)36(37(47)41-33(24-35(45)46)38(48)44-21-13-6-14-22-44)43(4)39(49)34(23-27-15-7-5-8-16-27)42(3)40(50)51-25-32-30-19-11-9-17-28(30)29-18-10-12-20-31(29)32/h5,7-12,15-20,26,32-34,36H,6,13-14,21-25H2,1-4H3,(H,41,47)(H,45,46)/t33-,34-,36-/m0/s1. The second-order valence-corrected chi connectivity index (χ2v) is 13.8. The van der Waals surface area contributed by atoms with Crippen LogP contribution in [0.5, 0.6) is 0 Å². The minimum atomic E-state index is -1.28. The first-order chi connectivity index (χ1) is 24.5. The third-order valence-corrected chi connectivity index (χ3v) is 9.97. The van der Waals surface area contributed by atoms with Crippen LogP contribution in [0.4, 0.5) is 4.79 Å². The molecule has 3 atom stereocenters. The molecule has 11 heteroatoms. The highest BCUT2D eigenvalue weighted by Gasteiger charge is 2.39. The normalized spacial score (nSPS) is 15.6. The van der Waals surface area contributed by atoms with Gasteiger partial charge in [0.2, 0.25) is 17.7 Å². The summed E-state index contributed by atoms with van der Waals surface area (Å²) in [6.07, 6.45) is 1.50. The number of ether oxygens (including phenoxy) is 1. The minimum Gasteiger partial charge on any atom is -0.481 e. The molecule has 5 rings (SSSR count). The molecule has 3 aromatic carbocycles. The molecule has 11 nitrogen and oxygen atoms in total. The number of likely N-dealkylation sites (N-methyl/N-ethyl adjacent to an activating group) is 2. The minimum absolute atomic E-state index is 0.0757. The summed E-state index contributed by atoms with van der Waals surface area (Å²) < 4.78 is 5.92.